The van der Waals surface area contributed by atoms with Crippen molar-refractivity contribution in [3.8, 4) is 0 Å². The third kappa shape index (κ3) is 1.68. The van der Waals surface area contributed by atoms with Gasteiger partial charge >= 0.3 is 0 Å². The van der Waals surface area contributed by atoms with Crippen LogP contribution in [0.4, 0.5) is 0 Å². The fourth-order valence-electron chi connectivity index (χ4n) is 2.89. The smallest absolute Gasteiger partial charge is 0.265 e. The molecule has 1 amide bonds. The standard InChI is InChI=1S/C12H15N3O3S/c1-15-6-3-12(4-7-15)10-8-13-5-2-9(10)11(16)14-19(12,17)18/h2,5,8H,3-4,6-7H2,1H3,(H,14,16). The van der Waals surface area contributed by atoms with Crippen molar-refractivity contribution in [1.82, 2.24) is 14.6 Å². The Morgan fingerprint density at radius 3 is 2.74 bits per heavy atom. The minimum absolute atomic E-state index is 0.425. The van der Waals surface area contributed by atoms with Crippen molar-refractivity contribution < 1.29 is 13.2 Å². The van der Waals surface area contributed by atoms with Gasteiger partial charge in [-0.25, -0.2) is 13.1 Å². The number of sulfonamides is 1. The Bertz CT molecular complexity index is 633. The van der Waals surface area contributed by atoms with Crippen LogP contribution < -0.4 is 4.72 Å². The van der Waals surface area contributed by atoms with E-state index in [0.717, 1.165) is 0 Å². The zero-order chi connectivity index (χ0) is 13.7. The number of nitrogens with one attached hydrogen (secondary N) is 1. The number of carbonyl (C=O) groups excluding carboxylic acids is 1. The van der Waals surface area contributed by atoms with Crippen LogP contribution in [0.3, 0.4) is 0 Å². The fraction of sp³-hybridized carbons (Fsp3) is 0.500. The van der Waals surface area contributed by atoms with Gasteiger partial charge in [0, 0.05) is 23.5 Å². The summed E-state index contributed by atoms with van der Waals surface area (Å²) in [6.45, 7) is 1.37. The van der Waals surface area contributed by atoms with Crippen molar-refractivity contribution in [2.75, 3.05) is 20.1 Å². The predicted octanol–water partition coefficient (Wildman–Crippen LogP) is 0.0757. The number of amides is 1. The maximum atomic E-state index is 12.5. The summed E-state index contributed by atoms with van der Waals surface area (Å²) in [5.74, 6) is -0.554. The topological polar surface area (TPSA) is 79.4 Å². The molecule has 1 aromatic rings. The van der Waals surface area contributed by atoms with E-state index in [1.807, 2.05) is 7.05 Å². The number of rotatable bonds is 0. The van der Waals surface area contributed by atoms with E-state index in [2.05, 4.69) is 14.6 Å². The number of piperidine rings is 1. The van der Waals surface area contributed by atoms with Crippen LogP contribution in [-0.4, -0.2) is 44.3 Å². The summed E-state index contributed by atoms with van der Waals surface area (Å²) in [4.78, 5) is 18.0. The number of pyridine rings is 1. The van der Waals surface area contributed by atoms with Gasteiger partial charge in [-0.15, -0.1) is 0 Å². The van der Waals surface area contributed by atoms with E-state index in [4.69, 9.17) is 0 Å². The molecule has 7 heteroatoms. The van der Waals surface area contributed by atoms with E-state index in [1.165, 1.54) is 12.4 Å². The lowest BCUT2D eigenvalue weighted by Crippen LogP contribution is -2.55. The predicted molar refractivity (Wildman–Crippen MR) is 69.0 cm³/mol. The minimum Gasteiger partial charge on any atom is -0.306 e. The van der Waals surface area contributed by atoms with E-state index in [9.17, 15) is 13.2 Å². The first-order chi connectivity index (χ1) is 8.96. The molecule has 0 saturated carbocycles. The normalized spacial score (nSPS) is 24.8. The van der Waals surface area contributed by atoms with Gasteiger partial charge in [0.15, 0.2) is 0 Å². The molecule has 0 radical (unpaired) electrons. The number of fused-ring (bicyclic) bond motifs is 2. The number of hydrogen-bond donors (Lipinski definition) is 1. The van der Waals surface area contributed by atoms with E-state index in [1.54, 1.807) is 6.07 Å². The van der Waals surface area contributed by atoms with Crippen molar-refractivity contribution in [2.45, 2.75) is 17.6 Å². The van der Waals surface area contributed by atoms with E-state index >= 15 is 0 Å². The van der Waals surface area contributed by atoms with Crippen LogP contribution in [0.2, 0.25) is 0 Å². The average Bonchev–Trinajstić information content (AvgIpc) is 2.38. The first-order valence-corrected chi connectivity index (χ1v) is 7.64. The summed E-state index contributed by atoms with van der Waals surface area (Å²) in [6.07, 6.45) is 3.99. The Hall–Kier alpha value is -1.47. The van der Waals surface area contributed by atoms with Crippen molar-refractivity contribution in [3.05, 3.63) is 29.6 Å². The largest absolute Gasteiger partial charge is 0.306 e. The second kappa shape index (κ2) is 4.01. The summed E-state index contributed by atoms with van der Waals surface area (Å²) >= 11 is 0. The molecular weight excluding hydrogens is 266 g/mol. The first kappa shape index (κ1) is 12.6. The van der Waals surface area contributed by atoms with E-state index < -0.39 is 20.7 Å². The summed E-state index contributed by atoms with van der Waals surface area (Å²) < 4.78 is 26.1. The van der Waals surface area contributed by atoms with Gasteiger partial charge in [0.05, 0.1) is 0 Å². The Kier molecular flexibility index (Phi) is 2.65. The summed E-state index contributed by atoms with van der Waals surface area (Å²) in [5.41, 5.74) is 0.973. The molecule has 1 N–H and O–H groups in total. The van der Waals surface area contributed by atoms with Gasteiger partial charge in [0.2, 0.25) is 10.0 Å². The highest BCUT2D eigenvalue weighted by Crippen LogP contribution is 2.43. The summed E-state index contributed by atoms with van der Waals surface area (Å²) in [7, 11) is -1.74. The summed E-state index contributed by atoms with van der Waals surface area (Å²) in [5, 5.41) is 0. The summed E-state index contributed by atoms with van der Waals surface area (Å²) in [6, 6.07) is 1.58. The molecule has 1 aromatic heterocycles. The minimum atomic E-state index is -3.70. The number of hydrogen-bond acceptors (Lipinski definition) is 5. The number of likely N-dealkylation sites (tertiary alicyclic amines) is 1. The first-order valence-electron chi connectivity index (χ1n) is 6.16. The molecule has 0 unspecified atom stereocenters. The SMILES string of the molecule is CN1CCC2(CC1)c1cnccc1C(=O)NS2(=O)=O. The van der Waals surface area contributed by atoms with Crippen LogP contribution in [0, 0.1) is 0 Å². The van der Waals surface area contributed by atoms with Gasteiger partial charge < -0.3 is 4.90 Å². The van der Waals surface area contributed by atoms with Gasteiger partial charge in [-0.2, -0.15) is 0 Å². The maximum absolute atomic E-state index is 12.5. The molecule has 2 aliphatic rings. The zero-order valence-electron chi connectivity index (χ0n) is 10.6. The van der Waals surface area contributed by atoms with E-state index in [0.29, 0.717) is 37.1 Å². The molecular formula is C12H15N3O3S. The van der Waals surface area contributed by atoms with Crippen molar-refractivity contribution >= 4 is 15.9 Å². The van der Waals surface area contributed by atoms with Crippen molar-refractivity contribution in [2.24, 2.45) is 0 Å². The lowest BCUT2D eigenvalue weighted by molar-refractivity contribution is 0.0969. The van der Waals surface area contributed by atoms with Crippen LogP contribution in [-0.2, 0) is 14.8 Å². The second-order valence-electron chi connectivity index (χ2n) is 5.15. The van der Waals surface area contributed by atoms with Gasteiger partial charge in [-0.1, -0.05) is 0 Å². The molecule has 1 spiro atoms. The molecule has 6 nitrogen and oxygen atoms in total. The van der Waals surface area contributed by atoms with Gasteiger partial charge in [0.25, 0.3) is 5.91 Å². The third-order valence-corrected chi connectivity index (χ3v) is 6.20. The number of carbonyl (C=O) groups is 1. The Balaban J connectivity index is 2.21. The molecule has 3 heterocycles. The van der Waals surface area contributed by atoms with Gasteiger partial charge in [-0.05, 0) is 39.0 Å². The lowest BCUT2D eigenvalue weighted by atomic mass is 9.86. The van der Waals surface area contributed by atoms with Gasteiger partial charge in [0.1, 0.15) is 4.75 Å². The molecule has 0 atom stereocenters. The monoisotopic (exact) mass is 281 g/mol. The Labute approximate surface area is 111 Å². The van der Waals surface area contributed by atoms with E-state index in [-0.39, 0.29) is 0 Å². The highest BCUT2D eigenvalue weighted by Gasteiger charge is 2.52. The highest BCUT2D eigenvalue weighted by atomic mass is 32.2. The van der Waals surface area contributed by atoms with Crippen LogP contribution in [0.1, 0.15) is 28.8 Å². The van der Waals surface area contributed by atoms with Crippen LogP contribution >= 0.6 is 0 Å². The van der Waals surface area contributed by atoms with Crippen LogP contribution in [0.25, 0.3) is 0 Å². The number of nitrogens with zero attached hydrogens (tertiary/aromatic N) is 2. The van der Waals surface area contributed by atoms with Crippen LogP contribution in [0.5, 0.6) is 0 Å². The Morgan fingerprint density at radius 1 is 1.37 bits per heavy atom. The fourth-order valence-corrected chi connectivity index (χ4v) is 4.61. The maximum Gasteiger partial charge on any atom is 0.265 e. The molecule has 102 valence electrons. The average molecular weight is 281 g/mol. The molecule has 2 aliphatic heterocycles. The molecule has 0 aliphatic carbocycles. The highest BCUT2D eigenvalue weighted by molar-refractivity contribution is 7.91. The third-order valence-electron chi connectivity index (χ3n) is 4.09. The second-order valence-corrected chi connectivity index (χ2v) is 7.15. The lowest BCUT2D eigenvalue weighted by Gasteiger charge is -2.42. The molecule has 19 heavy (non-hydrogen) atoms. The number of aromatic nitrogens is 1. The van der Waals surface area contributed by atoms with Crippen LogP contribution in [0.15, 0.2) is 18.5 Å². The quantitative estimate of drug-likeness (QED) is 0.728. The zero-order valence-corrected chi connectivity index (χ0v) is 11.4. The van der Waals surface area contributed by atoms with Gasteiger partial charge in [-0.3, -0.25) is 9.78 Å². The molecule has 0 aromatic carbocycles. The van der Waals surface area contributed by atoms with Crippen molar-refractivity contribution in [1.29, 1.82) is 0 Å². The molecule has 3 rings (SSSR count). The molecule has 1 fully saturated rings. The van der Waals surface area contributed by atoms with Crippen molar-refractivity contribution in [3.63, 3.8) is 0 Å². The molecule has 1 saturated heterocycles. The molecule has 0 bridgehead atoms. The Morgan fingerprint density at radius 2 is 2.05 bits per heavy atom.